The Morgan fingerprint density at radius 2 is 1.92 bits per heavy atom. The number of Topliss-reactive ketones (excluding diaryl/α,β-unsaturated/α-hetero) is 1. The monoisotopic (exact) mass is 555 g/mol. The van der Waals surface area contributed by atoms with E-state index in [0.29, 0.717) is 63.6 Å². The van der Waals surface area contributed by atoms with E-state index in [9.17, 15) is 14.9 Å². The van der Waals surface area contributed by atoms with Gasteiger partial charge in [0.1, 0.15) is 17.4 Å². The van der Waals surface area contributed by atoms with E-state index in [-0.39, 0.29) is 29.3 Å². The number of nitrogens with two attached hydrogens (primary N) is 1. The fourth-order valence-electron chi connectivity index (χ4n) is 4.62. The number of carbonyl (C=O) groups excluding carboxylic acids is 2. The summed E-state index contributed by atoms with van der Waals surface area (Å²) in [5.74, 6) is -0.0264. The van der Waals surface area contributed by atoms with Crippen LogP contribution in [-0.2, 0) is 14.3 Å². The van der Waals surface area contributed by atoms with E-state index in [1.165, 1.54) is 0 Å². The van der Waals surface area contributed by atoms with Crippen LogP contribution in [0.4, 0.5) is 5.69 Å². The average Bonchev–Trinajstić information content (AvgIpc) is 2.84. The number of allylic oxidation sites excluding steroid dienone is 3. The van der Waals surface area contributed by atoms with Crippen molar-refractivity contribution < 1.29 is 23.8 Å². The first-order valence-corrected chi connectivity index (χ1v) is 12.8. The molecule has 2 aliphatic rings. The number of hydrogen-bond acceptors (Lipinski definition) is 7. The van der Waals surface area contributed by atoms with Crippen LogP contribution in [0.2, 0.25) is 10.0 Å². The smallest absolute Gasteiger partial charge is 0.262 e. The third-order valence-corrected chi connectivity index (χ3v) is 6.98. The largest absolute Gasteiger partial charge is 0.490 e. The van der Waals surface area contributed by atoms with Crippen molar-refractivity contribution in [3.63, 3.8) is 0 Å². The molecular formula is C28H27Cl2N3O5. The highest BCUT2D eigenvalue weighted by atomic mass is 35.5. The molecule has 0 saturated heterocycles. The number of amides is 1. The molecule has 1 amide bonds. The number of hydrogen-bond donors (Lipinski definition) is 2. The molecule has 2 aromatic rings. The summed E-state index contributed by atoms with van der Waals surface area (Å²) in [6.45, 7) is 5.82. The third-order valence-electron chi connectivity index (χ3n) is 6.24. The van der Waals surface area contributed by atoms with Gasteiger partial charge in [-0.1, -0.05) is 43.1 Å². The molecule has 10 heteroatoms. The highest BCUT2D eigenvalue weighted by molar-refractivity contribution is 6.42. The summed E-state index contributed by atoms with van der Waals surface area (Å²) in [4.78, 5) is 25.7. The van der Waals surface area contributed by atoms with Gasteiger partial charge in [0.15, 0.2) is 23.9 Å². The van der Waals surface area contributed by atoms with Gasteiger partial charge in [-0.15, -0.1) is 0 Å². The Bertz CT molecular complexity index is 1410. The molecule has 38 heavy (non-hydrogen) atoms. The van der Waals surface area contributed by atoms with E-state index in [1.807, 2.05) is 20.8 Å². The van der Waals surface area contributed by atoms with Crippen molar-refractivity contribution >= 4 is 40.6 Å². The fraction of sp³-hybridized carbons (Fsp3) is 0.321. The highest BCUT2D eigenvalue weighted by Gasteiger charge is 2.43. The van der Waals surface area contributed by atoms with Gasteiger partial charge in [-0.2, -0.15) is 5.26 Å². The number of nitrogens with zero attached hydrogens (tertiary/aromatic N) is 1. The minimum atomic E-state index is -0.696. The van der Waals surface area contributed by atoms with Crippen molar-refractivity contribution in [2.75, 3.05) is 18.5 Å². The van der Waals surface area contributed by atoms with E-state index in [2.05, 4.69) is 11.4 Å². The van der Waals surface area contributed by atoms with Crippen LogP contribution < -0.4 is 20.5 Å². The second kappa shape index (κ2) is 11.0. The number of halogens is 2. The van der Waals surface area contributed by atoms with Gasteiger partial charge in [0.25, 0.3) is 5.91 Å². The van der Waals surface area contributed by atoms with Crippen molar-refractivity contribution in [3.05, 3.63) is 74.8 Å². The molecule has 1 unspecified atom stereocenters. The molecule has 0 spiro atoms. The molecule has 1 atom stereocenters. The number of anilines is 1. The maximum Gasteiger partial charge on any atom is 0.262 e. The van der Waals surface area contributed by atoms with Gasteiger partial charge in [-0.25, -0.2) is 0 Å². The molecule has 4 rings (SSSR count). The first-order chi connectivity index (χ1) is 18.0. The summed E-state index contributed by atoms with van der Waals surface area (Å²) >= 11 is 11.9. The van der Waals surface area contributed by atoms with Crippen LogP contribution in [0.15, 0.2) is 59.2 Å². The van der Waals surface area contributed by atoms with Crippen molar-refractivity contribution in [2.24, 2.45) is 11.1 Å². The lowest BCUT2D eigenvalue weighted by Gasteiger charge is -2.37. The molecule has 8 nitrogen and oxygen atoms in total. The van der Waals surface area contributed by atoms with Gasteiger partial charge < -0.3 is 25.3 Å². The van der Waals surface area contributed by atoms with Crippen LogP contribution in [-0.4, -0.2) is 24.9 Å². The molecular weight excluding hydrogens is 529 g/mol. The number of ketones is 1. The number of rotatable bonds is 7. The van der Waals surface area contributed by atoms with Gasteiger partial charge in [0.2, 0.25) is 5.88 Å². The van der Waals surface area contributed by atoms with E-state index < -0.39 is 11.8 Å². The Kier molecular flexibility index (Phi) is 7.91. The number of benzene rings is 2. The minimum absolute atomic E-state index is 0.0148. The quantitative estimate of drug-likeness (QED) is 0.438. The molecule has 1 heterocycles. The minimum Gasteiger partial charge on any atom is -0.490 e. The van der Waals surface area contributed by atoms with E-state index >= 15 is 0 Å². The van der Waals surface area contributed by atoms with Crippen LogP contribution in [0.5, 0.6) is 11.5 Å². The SMILES string of the molecule is CCOc1cc(C2C(C#N)=C(N)OC3=C2C(=O)CC(C)(C)C3)ccc1OCC(=O)Nc1ccc(Cl)c(Cl)c1. The topological polar surface area (TPSA) is 124 Å². The third kappa shape index (κ3) is 5.74. The number of nitriles is 1. The summed E-state index contributed by atoms with van der Waals surface area (Å²) in [7, 11) is 0. The van der Waals surface area contributed by atoms with Crippen LogP contribution in [0.1, 0.15) is 45.1 Å². The average molecular weight is 556 g/mol. The zero-order chi connectivity index (χ0) is 27.6. The Morgan fingerprint density at radius 1 is 1.16 bits per heavy atom. The standard InChI is InChI=1S/C28H27Cl2N3O5/c1-4-36-22-9-15(5-8-21(22)37-14-24(35)33-16-6-7-18(29)19(30)10-16)25-17(13-31)27(32)38-23-12-28(2,3)11-20(34)26(23)25/h5-10,25H,4,11-12,14,32H2,1-3H3,(H,33,35). The van der Waals surface area contributed by atoms with E-state index in [0.717, 1.165) is 0 Å². The predicted molar refractivity (Wildman–Crippen MR) is 144 cm³/mol. The Morgan fingerprint density at radius 3 is 2.61 bits per heavy atom. The lowest BCUT2D eigenvalue weighted by atomic mass is 9.70. The summed E-state index contributed by atoms with van der Waals surface area (Å²) in [5, 5.41) is 13.3. The van der Waals surface area contributed by atoms with Crippen molar-refractivity contribution in [1.82, 2.24) is 0 Å². The number of nitrogens with one attached hydrogen (secondary N) is 1. The summed E-state index contributed by atoms with van der Waals surface area (Å²) in [6, 6.07) is 11.9. The van der Waals surface area contributed by atoms with E-state index in [1.54, 1.807) is 36.4 Å². The lowest BCUT2D eigenvalue weighted by molar-refractivity contribution is -0.119. The molecule has 1 aliphatic carbocycles. The second-order valence-corrected chi connectivity index (χ2v) is 10.6. The maximum absolute atomic E-state index is 13.2. The Hall–Kier alpha value is -3.67. The molecule has 2 aromatic carbocycles. The Labute approximate surface area is 230 Å². The molecule has 1 aliphatic heterocycles. The molecule has 0 bridgehead atoms. The summed E-state index contributed by atoms with van der Waals surface area (Å²) in [5.41, 5.74) is 7.54. The van der Waals surface area contributed by atoms with Gasteiger partial charge in [-0.3, -0.25) is 9.59 Å². The molecule has 3 N–H and O–H groups in total. The van der Waals surface area contributed by atoms with Crippen LogP contribution in [0.25, 0.3) is 0 Å². The van der Waals surface area contributed by atoms with E-state index in [4.69, 9.17) is 43.1 Å². The van der Waals surface area contributed by atoms with Gasteiger partial charge in [0.05, 0.1) is 22.6 Å². The van der Waals surface area contributed by atoms with Gasteiger partial charge in [0, 0.05) is 24.1 Å². The molecule has 0 saturated carbocycles. The van der Waals surface area contributed by atoms with Gasteiger partial charge in [-0.05, 0) is 48.2 Å². The number of carbonyl (C=O) groups is 2. The van der Waals surface area contributed by atoms with Crippen molar-refractivity contribution in [3.8, 4) is 17.6 Å². The first-order valence-electron chi connectivity index (χ1n) is 12.0. The zero-order valence-corrected chi connectivity index (χ0v) is 22.7. The first kappa shape index (κ1) is 27.4. The normalized spacial score (nSPS) is 18.3. The molecule has 0 fully saturated rings. The molecule has 0 aromatic heterocycles. The number of ether oxygens (including phenoxy) is 3. The zero-order valence-electron chi connectivity index (χ0n) is 21.2. The van der Waals surface area contributed by atoms with Crippen LogP contribution >= 0.6 is 23.2 Å². The Balaban J connectivity index is 1.60. The lowest BCUT2D eigenvalue weighted by Crippen LogP contribution is -2.33. The molecule has 0 radical (unpaired) electrons. The van der Waals surface area contributed by atoms with Crippen molar-refractivity contribution in [1.29, 1.82) is 5.26 Å². The van der Waals surface area contributed by atoms with Crippen LogP contribution in [0, 0.1) is 16.7 Å². The molecule has 198 valence electrons. The van der Waals surface area contributed by atoms with Crippen LogP contribution in [0.3, 0.4) is 0 Å². The van der Waals surface area contributed by atoms with Crippen molar-refractivity contribution in [2.45, 2.75) is 39.5 Å². The van der Waals surface area contributed by atoms with Gasteiger partial charge >= 0.3 is 0 Å². The second-order valence-electron chi connectivity index (χ2n) is 9.81. The maximum atomic E-state index is 13.2. The summed E-state index contributed by atoms with van der Waals surface area (Å²) < 4.78 is 17.3. The fourth-order valence-corrected chi connectivity index (χ4v) is 4.92. The predicted octanol–water partition coefficient (Wildman–Crippen LogP) is 5.86. The summed E-state index contributed by atoms with van der Waals surface area (Å²) in [6.07, 6.45) is 0.856. The highest BCUT2D eigenvalue weighted by Crippen LogP contribution is 2.48.